The Morgan fingerprint density at radius 2 is 1.92 bits per heavy atom. The molecule has 3 atom stereocenters. The standard InChI is InChI=1S/C20H25N5O/c1-13-5-3-4-6-17(13)19-18-12-24(9-15-7-22-20(21)23-8-15)10-16(18)11-25(19)14(2)26/h3-8,16,18-19H,9-12H2,1-2H3,(H2,21,22,23)/t16-,18-,19+/m1/s1. The molecule has 1 aromatic heterocycles. The first-order valence-corrected chi connectivity index (χ1v) is 9.14. The molecule has 6 heteroatoms. The summed E-state index contributed by atoms with van der Waals surface area (Å²) in [4.78, 5) is 25.0. The molecule has 0 bridgehead atoms. The minimum Gasteiger partial charge on any atom is -0.368 e. The summed E-state index contributed by atoms with van der Waals surface area (Å²) >= 11 is 0. The van der Waals surface area contributed by atoms with Gasteiger partial charge in [-0.25, -0.2) is 9.97 Å². The van der Waals surface area contributed by atoms with Gasteiger partial charge in [-0.2, -0.15) is 0 Å². The molecule has 6 nitrogen and oxygen atoms in total. The maximum absolute atomic E-state index is 12.3. The molecule has 4 rings (SSSR count). The summed E-state index contributed by atoms with van der Waals surface area (Å²) in [6.07, 6.45) is 3.61. The number of amides is 1. The first-order valence-electron chi connectivity index (χ1n) is 9.14. The lowest BCUT2D eigenvalue weighted by molar-refractivity contribution is -0.130. The largest absolute Gasteiger partial charge is 0.368 e. The summed E-state index contributed by atoms with van der Waals surface area (Å²) in [5.74, 6) is 1.46. The van der Waals surface area contributed by atoms with Gasteiger partial charge < -0.3 is 10.6 Å². The third-order valence-electron chi connectivity index (χ3n) is 5.78. The van der Waals surface area contributed by atoms with Gasteiger partial charge in [-0.05, 0) is 24.0 Å². The van der Waals surface area contributed by atoms with Gasteiger partial charge in [0.15, 0.2) is 0 Å². The van der Waals surface area contributed by atoms with Crippen LogP contribution in [0.25, 0.3) is 0 Å². The van der Waals surface area contributed by atoms with Crippen molar-refractivity contribution in [1.29, 1.82) is 0 Å². The highest BCUT2D eigenvalue weighted by Crippen LogP contribution is 2.45. The molecule has 0 unspecified atom stereocenters. The maximum atomic E-state index is 12.3. The highest BCUT2D eigenvalue weighted by atomic mass is 16.2. The molecule has 2 N–H and O–H groups in total. The lowest BCUT2D eigenvalue weighted by atomic mass is 9.87. The molecule has 2 saturated heterocycles. The Bertz CT molecular complexity index is 806. The molecule has 3 heterocycles. The van der Waals surface area contributed by atoms with Crippen molar-refractivity contribution in [3.05, 3.63) is 53.3 Å². The van der Waals surface area contributed by atoms with Crippen molar-refractivity contribution in [2.75, 3.05) is 25.4 Å². The highest BCUT2D eigenvalue weighted by molar-refractivity contribution is 5.74. The number of nitrogens with zero attached hydrogens (tertiary/aromatic N) is 4. The molecular weight excluding hydrogens is 326 g/mol. The number of aryl methyl sites for hydroxylation is 1. The van der Waals surface area contributed by atoms with Gasteiger partial charge in [-0.1, -0.05) is 24.3 Å². The Morgan fingerprint density at radius 3 is 2.62 bits per heavy atom. The first-order chi connectivity index (χ1) is 12.5. The van der Waals surface area contributed by atoms with E-state index in [1.807, 2.05) is 0 Å². The minimum atomic E-state index is 0.172. The molecule has 2 fully saturated rings. The smallest absolute Gasteiger partial charge is 0.219 e. The van der Waals surface area contributed by atoms with E-state index in [9.17, 15) is 4.79 Å². The average molecular weight is 351 g/mol. The molecule has 2 aliphatic rings. The van der Waals surface area contributed by atoms with Gasteiger partial charge in [0, 0.05) is 57.0 Å². The molecule has 0 spiro atoms. The van der Waals surface area contributed by atoms with Crippen LogP contribution in [0.15, 0.2) is 36.7 Å². The summed E-state index contributed by atoms with van der Waals surface area (Å²) in [5, 5.41) is 0. The number of carbonyl (C=O) groups excluding carboxylic acids is 1. The van der Waals surface area contributed by atoms with E-state index in [0.717, 1.165) is 31.7 Å². The summed E-state index contributed by atoms with van der Waals surface area (Å²) in [6.45, 7) is 7.48. The molecule has 0 radical (unpaired) electrons. The molecule has 2 aromatic rings. The van der Waals surface area contributed by atoms with Gasteiger partial charge in [0.05, 0.1) is 6.04 Å². The van der Waals surface area contributed by atoms with Gasteiger partial charge in [0.1, 0.15) is 0 Å². The van der Waals surface area contributed by atoms with Crippen LogP contribution < -0.4 is 5.73 Å². The normalized spacial score (nSPS) is 25.5. The Balaban J connectivity index is 1.55. The fourth-order valence-corrected chi connectivity index (χ4v) is 4.61. The molecule has 2 aliphatic heterocycles. The Hall–Kier alpha value is -2.47. The van der Waals surface area contributed by atoms with E-state index in [1.165, 1.54) is 11.1 Å². The van der Waals surface area contributed by atoms with Crippen LogP contribution in [0.4, 0.5) is 5.95 Å². The van der Waals surface area contributed by atoms with E-state index >= 15 is 0 Å². The number of fused-ring (bicyclic) bond motifs is 1. The van der Waals surface area contributed by atoms with Crippen molar-refractivity contribution < 1.29 is 4.79 Å². The van der Waals surface area contributed by atoms with E-state index in [0.29, 0.717) is 17.8 Å². The quantitative estimate of drug-likeness (QED) is 0.916. The van der Waals surface area contributed by atoms with Crippen molar-refractivity contribution in [1.82, 2.24) is 19.8 Å². The number of likely N-dealkylation sites (tertiary alicyclic amines) is 2. The van der Waals surface area contributed by atoms with Crippen molar-refractivity contribution in [2.24, 2.45) is 11.8 Å². The van der Waals surface area contributed by atoms with Crippen LogP contribution in [0.2, 0.25) is 0 Å². The molecule has 0 saturated carbocycles. The van der Waals surface area contributed by atoms with Gasteiger partial charge in [-0.15, -0.1) is 0 Å². The number of carbonyl (C=O) groups is 1. The predicted octanol–water partition coefficient (Wildman–Crippen LogP) is 2.02. The van der Waals surface area contributed by atoms with Crippen LogP contribution in [0.5, 0.6) is 0 Å². The Labute approximate surface area is 154 Å². The van der Waals surface area contributed by atoms with E-state index in [4.69, 9.17) is 5.73 Å². The molecule has 0 aliphatic carbocycles. The van der Waals surface area contributed by atoms with E-state index < -0.39 is 0 Å². The van der Waals surface area contributed by atoms with E-state index in [1.54, 1.807) is 19.3 Å². The summed E-state index contributed by atoms with van der Waals surface area (Å²) in [5.41, 5.74) is 9.20. The highest BCUT2D eigenvalue weighted by Gasteiger charge is 2.48. The van der Waals surface area contributed by atoms with Crippen molar-refractivity contribution in [3.63, 3.8) is 0 Å². The molecule has 1 aromatic carbocycles. The fourth-order valence-electron chi connectivity index (χ4n) is 4.61. The van der Waals surface area contributed by atoms with Gasteiger partial charge in [0.2, 0.25) is 11.9 Å². The van der Waals surface area contributed by atoms with E-state index in [-0.39, 0.29) is 11.9 Å². The number of benzene rings is 1. The van der Waals surface area contributed by atoms with Crippen molar-refractivity contribution in [2.45, 2.75) is 26.4 Å². The number of anilines is 1. The Kier molecular flexibility index (Phi) is 4.36. The van der Waals surface area contributed by atoms with Gasteiger partial charge in [0.25, 0.3) is 0 Å². The third-order valence-corrected chi connectivity index (χ3v) is 5.78. The van der Waals surface area contributed by atoms with Crippen molar-refractivity contribution >= 4 is 11.9 Å². The van der Waals surface area contributed by atoms with Crippen LogP contribution in [-0.4, -0.2) is 45.3 Å². The zero-order valence-corrected chi connectivity index (χ0v) is 15.3. The lowest BCUT2D eigenvalue weighted by Gasteiger charge is -2.30. The topological polar surface area (TPSA) is 75.4 Å². The second kappa shape index (κ2) is 6.68. The van der Waals surface area contributed by atoms with Crippen LogP contribution in [0, 0.1) is 18.8 Å². The average Bonchev–Trinajstić information content (AvgIpc) is 3.15. The summed E-state index contributed by atoms with van der Waals surface area (Å²) in [6, 6.07) is 8.62. The summed E-state index contributed by atoms with van der Waals surface area (Å²) < 4.78 is 0. The van der Waals surface area contributed by atoms with Crippen molar-refractivity contribution in [3.8, 4) is 0 Å². The van der Waals surface area contributed by atoms with Gasteiger partial charge in [-0.3, -0.25) is 9.69 Å². The second-order valence-corrected chi connectivity index (χ2v) is 7.54. The van der Waals surface area contributed by atoms with Gasteiger partial charge >= 0.3 is 0 Å². The monoisotopic (exact) mass is 351 g/mol. The van der Waals surface area contributed by atoms with Crippen LogP contribution in [-0.2, 0) is 11.3 Å². The molecular formula is C20H25N5O. The predicted molar refractivity (Wildman–Crippen MR) is 100 cm³/mol. The zero-order chi connectivity index (χ0) is 18.3. The lowest BCUT2D eigenvalue weighted by Crippen LogP contribution is -2.34. The number of nitrogens with two attached hydrogens (primary N) is 1. The summed E-state index contributed by atoms with van der Waals surface area (Å²) in [7, 11) is 0. The molecule has 1 amide bonds. The molecule has 136 valence electrons. The fraction of sp³-hybridized carbons (Fsp3) is 0.450. The van der Waals surface area contributed by atoms with E-state index in [2.05, 4.69) is 51.0 Å². The minimum absolute atomic E-state index is 0.172. The number of rotatable bonds is 3. The van der Waals surface area contributed by atoms with Crippen LogP contribution in [0.3, 0.4) is 0 Å². The Morgan fingerprint density at radius 1 is 1.19 bits per heavy atom. The maximum Gasteiger partial charge on any atom is 0.219 e. The molecule has 26 heavy (non-hydrogen) atoms. The third kappa shape index (κ3) is 3.05. The van der Waals surface area contributed by atoms with Crippen LogP contribution in [0.1, 0.15) is 29.7 Å². The number of hydrogen-bond acceptors (Lipinski definition) is 5. The first kappa shape index (κ1) is 17.0. The number of aromatic nitrogens is 2. The second-order valence-electron chi connectivity index (χ2n) is 7.54. The SMILES string of the molecule is CC(=O)N1C[C@H]2CN(Cc3cnc(N)nc3)C[C@H]2[C@@H]1c1ccccc1C. The number of hydrogen-bond donors (Lipinski definition) is 1. The zero-order valence-electron chi connectivity index (χ0n) is 15.3. The van der Waals surface area contributed by atoms with Crippen LogP contribution >= 0.6 is 0 Å². The number of nitrogen functional groups attached to an aromatic ring is 1.